The maximum atomic E-state index is 6.09. The number of hydrogen-bond acceptors (Lipinski definition) is 4. The second kappa shape index (κ2) is 5.29. The molecule has 1 aliphatic rings. The second-order valence-electron chi connectivity index (χ2n) is 5.75. The first-order valence-electron chi connectivity index (χ1n) is 6.73. The van der Waals surface area contributed by atoms with E-state index >= 15 is 0 Å². The molecule has 0 amide bonds. The predicted octanol–water partition coefficient (Wildman–Crippen LogP) is 2.41. The number of nitrogens with zero attached hydrogens (tertiary/aromatic N) is 1. The van der Waals surface area contributed by atoms with Crippen molar-refractivity contribution < 1.29 is 9.47 Å². The van der Waals surface area contributed by atoms with E-state index in [4.69, 9.17) is 15.2 Å². The molecule has 0 saturated carbocycles. The van der Waals surface area contributed by atoms with Gasteiger partial charge in [0.05, 0.1) is 19.9 Å². The first-order valence-corrected chi connectivity index (χ1v) is 6.73. The Morgan fingerprint density at radius 1 is 1.26 bits per heavy atom. The third kappa shape index (κ3) is 2.78. The topological polar surface area (TPSA) is 47.7 Å². The van der Waals surface area contributed by atoms with Crippen molar-refractivity contribution in [2.45, 2.75) is 38.3 Å². The summed E-state index contributed by atoms with van der Waals surface area (Å²) in [5.74, 6) is 1.66. The van der Waals surface area contributed by atoms with E-state index in [0.717, 1.165) is 36.6 Å². The van der Waals surface area contributed by atoms with Crippen LogP contribution in [0.2, 0.25) is 0 Å². The van der Waals surface area contributed by atoms with Crippen LogP contribution in [0.4, 0.5) is 5.69 Å². The van der Waals surface area contributed by atoms with Gasteiger partial charge in [0.2, 0.25) is 0 Å². The number of nitrogens with two attached hydrogens (primary N) is 1. The molecule has 4 nitrogen and oxygen atoms in total. The minimum absolute atomic E-state index is 0.0412. The normalized spacial score (nSPS) is 22.2. The van der Waals surface area contributed by atoms with Crippen molar-refractivity contribution in [1.82, 2.24) is 0 Å². The average Bonchev–Trinajstić information content (AvgIpc) is 2.37. The fourth-order valence-electron chi connectivity index (χ4n) is 2.91. The van der Waals surface area contributed by atoms with Gasteiger partial charge in [0.25, 0.3) is 0 Å². The van der Waals surface area contributed by atoms with Crippen LogP contribution in [0.3, 0.4) is 0 Å². The Kier molecular flexibility index (Phi) is 3.90. The maximum Gasteiger partial charge on any atom is 0.145 e. The Bertz CT molecular complexity index is 446. The molecule has 2 N–H and O–H groups in total. The number of methoxy groups -OCH3 is 2. The van der Waals surface area contributed by atoms with Gasteiger partial charge in [0.1, 0.15) is 11.5 Å². The molecule has 0 radical (unpaired) electrons. The third-order valence-corrected chi connectivity index (χ3v) is 3.89. The fraction of sp³-hybridized carbons (Fsp3) is 0.600. The number of hydrogen-bond donors (Lipinski definition) is 1. The van der Waals surface area contributed by atoms with Gasteiger partial charge in [-0.15, -0.1) is 0 Å². The Morgan fingerprint density at radius 3 is 2.58 bits per heavy atom. The summed E-state index contributed by atoms with van der Waals surface area (Å²) in [6.45, 7) is 5.42. The summed E-state index contributed by atoms with van der Waals surface area (Å²) in [6, 6.07) is 6.26. The van der Waals surface area contributed by atoms with Gasteiger partial charge < -0.3 is 20.1 Å². The Labute approximate surface area is 115 Å². The SMILES string of the molecule is COc1ccc(N2CCC(N)CC2(C)C)c(OC)c1. The minimum Gasteiger partial charge on any atom is -0.497 e. The molecule has 1 aromatic carbocycles. The van der Waals surface area contributed by atoms with E-state index in [1.807, 2.05) is 12.1 Å². The molecule has 1 heterocycles. The predicted molar refractivity (Wildman–Crippen MR) is 78.2 cm³/mol. The lowest BCUT2D eigenvalue weighted by atomic mass is 9.87. The van der Waals surface area contributed by atoms with E-state index in [1.165, 1.54) is 0 Å². The van der Waals surface area contributed by atoms with Crippen molar-refractivity contribution in [2.75, 3.05) is 25.7 Å². The quantitative estimate of drug-likeness (QED) is 0.910. The molecule has 2 rings (SSSR count). The van der Waals surface area contributed by atoms with E-state index in [1.54, 1.807) is 14.2 Å². The zero-order chi connectivity index (χ0) is 14.0. The van der Waals surface area contributed by atoms with Gasteiger partial charge in [-0.25, -0.2) is 0 Å². The standard InChI is InChI=1S/C15H24N2O2/c1-15(2)10-11(16)7-8-17(15)13-6-5-12(18-3)9-14(13)19-4/h5-6,9,11H,7-8,10,16H2,1-4H3. The summed E-state index contributed by atoms with van der Waals surface area (Å²) >= 11 is 0. The van der Waals surface area contributed by atoms with Crippen LogP contribution in [0, 0.1) is 0 Å². The number of rotatable bonds is 3. The van der Waals surface area contributed by atoms with Crippen LogP contribution >= 0.6 is 0 Å². The van der Waals surface area contributed by atoms with E-state index in [0.29, 0.717) is 0 Å². The molecule has 1 fully saturated rings. The van der Waals surface area contributed by atoms with Gasteiger partial charge in [0.15, 0.2) is 0 Å². The van der Waals surface area contributed by atoms with Gasteiger partial charge in [0, 0.05) is 24.2 Å². The van der Waals surface area contributed by atoms with Crippen LogP contribution in [0.1, 0.15) is 26.7 Å². The second-order valence-corrected chi connectivity index (χ2v) is 5.75. The molecule has 1 saturated heterocycles. The lowest BCUT2D eigenvalue weighted by Gasteiger charge is -2.46. The van der Waals surface area contributed by atoms with Crippen molar-refractivity contribution in [2.24, 2.45) is 5.73 Å². The van der Waals surface area contributed by atoms with Crippen LogP contribution in [0.25, 0.3) is 0 Å². The highest BCUT2D eigenvalue weighted by molar-refractivity contribution is 5.62. The molecular weight excluding hydrogens is 240 g/mol. The van der Waals surface area contributed by atoms with Crippen molar-refractivity contribution in [3.8, 4) is 11.5 Å². The molecule has 1 atom stereocenters. The van der Waals surface area contributed by atoms with Gasteiger partial charge in [-0.05, 0) is 38.8 Å². The Morgan fingerprint density at radius 2 is 2.00 bits per heavy atom. The monoisotopic (exact) mass is 264 g/mol. The van der Waals surface area contributed by atoms with Gasteiger partial charge in [-0.2, -0.15) is 0 Å². The van der Waals surface area contributed by atoms with E-state index in [9.17, 15) is 0 Å². The summed E-state index contributed by atoms with van der Waals surface area (Å²) in [7, 11) is 3.36. The highest BCUT2D eigenvalue weighted by Gasteiger charge is 2.34. The average molecular weight is 264 g/mol. The summed E-state index contributed by atoms with van der Waals surface area (Å²) in [5.41, 5.74) is 7.24. The van der Waals surface area contributed by atoms with E-state index < -0.39 is 0 Å². The molecule has 1 unspecified atom stereocenters. The van der Waals surface area contributed by atoms with Crippen LogP contribution in [-0.4, -0.2) is 32.3 Å². The first kappa shape index (κ1) is 14.0. The van der Waals surface area contributed by atoms with Crippen molar-refractivity contribution >= 4 is 5.69 Å². The first-order chi connectivity index (χ1) is 8.97. The van der Waals surface area contributed by atoms with Crippen molar-refractivity contribution in [3.63, 3.8) is 0 Å². The van der Waals surface area contributed by atoms with Gasteiger partial charge in [-0.1, -0.05) is 0 Å². The summed E-state index contributed by atoms with van der Waals surface area (Å²) in [4.78, 5) is 2.38. The van der Waals surface area contributed by atoms with Crippen molar-refractivity contribution in [3.05, 3.63) is 18.2 Å². The minimum atomic E-state index is 0.0412. The van der Waals surface area contributed by atoms with E-state index in [2.05, 4.69) is 24.8 Å². The van der Waals surface area contributed by atoms with Gasteiger partial charge in [-0.3, -0.25) is 0 Å². The zero-order valence-electron chi connectivity index (χ0n) is 12.3. The summed E-state index contributed by atoms with van der Waals surface area (Å²) in [6.07, 6.45) is 2.00. The largest absolute Gasteiger partial charge is 0.497 e. The lowest BCUT2D eigenvalue weighted by Crippen LogP contribution is -2.53. The van der Waals surface area contributed by atoms with Crippen molar-refractivity contribution in [1.29, 1.82) is 0 Å². The fourth-order valence-corrected chi connectivity index (χ4v) is 2.91. The zero-order valence-corrected chi connectivity index (χ0v) is 12.3. The molecule has 0 bridgehead atoms. The summed E-state index contributed by atoms with van der Waals surface area (Å²) in [5, 5.41) is 0. The summed E-state index contributed by atoms with van der Waals surface area (Å²) < 4.78 is 10.8. The number of ether oxygens (including phenoxy) is 2. The molecular formula is C15H24N2O2. The lowest BCUT2D eigenvalue weighted by molar-refractivity contribution is 0.321. The number of anilines is 1. The van der Waals surface area contributed by atoms with Crippen LogP contribution in [0.5, 0.6) is 11.5 Å². The molecule has 1 aliphatic heterocycles. The highest BCUT2D eigenvalue weighted by Crippen LogP contribution is 2.39. The molecule has 106 valence electrons. The van der Waals surface area contributed by atoms with Crippen LogP contribution < -0.4 is 20.1 Å². The van der Waals surface area contributed by atoms with E-state index in [-0.39, 0.29) is 11.6 Å². The molecule has 0 aromatic heterocycles. The Hall–Kier alpha value is -1.42. The molecule has 0 aliphatic carbocycles. The molecule has 4 heteroatoms. The number of piperidine rings is 1. The Balaban J connectivity index is 2.35. The number of benzene rings is 1. The third-order valence-electron chi connectivity index (χ3n) is 3.89. The smallest absolute Gasteiger partial charge is 0.145 e. The van der Waals surface area contributed by atoms with Gasteiger partial charge >= 0.3 is 0 Å². The van der Waals surface area contributed by atoms with Crippen LogP contribution in [-0.2, 0) is 0 Å². The molecule has 0 spiro atoms. The molecule has 1 aromatic rings. The molecule has 19 heavy (non-hydrogen) atoms. The highest BCUT2D eigenvalue weighted by atomic mass is 16.5. The van der Waals surface area contributed by atoms with Crippen LogP contribution in [0.15, 0.2) is 18.2 Å². The maximum absolute atomic E-state index is 6.09.